The van der Waals surface area contributed by atoms with Gasteiger partial charge in [0.15, 0.2) is 6.72 Å². The summed E-state index contributed by atoms with van der Waals surface area (Å²) >= 11 is 2.26. The van der Waals surface area contributed by atoms with Crippen LogP contribution in [0.25, 0.3) is 0 Å². The van der Waals surface area contributed by atoms with Crippen LogP contribution in [0.2, 0.25) is 0 Å². The lowest BCUT2D eigenvalue weighted by molar-refractivity contribution is 1.03. The summed E-state index contributed by atoms with van der Waals surface area (Å²) in [5.41, 5.74) is 0. The molecule has 1 unspecified atom stereocenters. The van der Waals surface area contributed by atoms with Gasteiger partial charge in [-0.2, -0.15) is 0 Å². The van der Waals surface area contributed by atoms with Crippen molar-refractivity contribution in [2.24, 2.45) is 4.99 Å². The lowest BCUT2D eigenvalue weighted by atomic mass is 10.3. The molecule has 0 bridgehead atoms. The number of hydrogen-bond donors (Lipinski definition) is 0. The van der Waals surface area contributed by atoms with Gasteiger partial charge in [-0.25, -0.2) is 4.67 Å². The van der Waals surface area contributed by atoms with Gasteiger partial charge < -0.3 is 0 Å². The fourth-order valence-corrected chi connectivity index (χ4v) is 0.825. The molecule has 0 aliphatic carbocycles. The van der Waals surface area contributed by atoms with Gasteiger partial charge in [0.05, 0.1) is 0 Å². The van der Waals surface area contributed by atoms with Crippen LogP contribution >= 0.6 is 22.6 Å². The Labute approximate surface area is 69.0 Å². The van der Waals surface area contributed by atoms with E-state index in [4.69, 9.17) is 0 Å². The Morgan fingerprint density at radius 1 is 1.89 bits per heavy atom. The summed E-state index contributed by atoms with van der Waals surface area (Å²) in [5.74, 6) is 0.734. The van der Waals surface area contributed by atoms with Crippen LogP contribution in [-0.4, -0.2) is 23.2 Å². The maximum absolute atomic E-state index is 3.71. The van der Waals surface area contributed by atoms with Gasteiger partial charge in [0, 0.05) is 0 Å². The first-order valence-electron chi connectivity index (χ1n) is 2.70. The molecule has 0 spiro atoms. The van der Waals surface area contributed by atoms with Crippen LogP contribution in [0, 0.1) is 0 Å². The Kier molecular flexibility index (Phi) is 4.62. The molecule has 0 saturated heterocycles. The third kappa shape index (κ3) is 2.77. The summed E-state index contributed by atoms with van der Waals surface area (Å²) in [6, 6.07) is 0. The second-order valence-electron chi connectivity index (χ2n) is 1.55. The molecule has 0 aliphatic heterocycles. The number of alkyl halides is 1. The Morgan fingerprint density at radius 2 is 2.44 bits per heavy atom. The van der Waals surface area contributed by atoms with Gasteiger partial charge in [-0.15, -0.1) is 0 Å². The number of hydrogen-bond acceptors (Lipinski definition) is 0. The Hall–Kier alpha value is -0.150. The van der Waals surface area contributed by atoms with Gasteiger partial charge in [0.2, 0.25) is 0 Å². The van der Waals surface area contributed by atoms with Crippen LogP contribution in [0.15, 0.2) is 4.99 Å². The number of nitrogens with zero attached hydrogens (tertiary/aromatic N) is 2. The predicted octanol–water partition coefficient (Wildman–Crippen LogP) is 1.07. The van der Waals surface area contributed by atoms with Gasteiger partial charge in [0.25, 0.3) is 0 Å². The summed E-state index contributed by atoms with van der Waals surface area (Å²) < 4.78 is 4.07. The third-order valence-corrected chi connectivity index (χ3v) is 2.40. The third-order valence-electron chi connectivity index (χ3n) is 0.963. The summed E-state index contributed by atoms with van der Waals surface area (Å²) in [6.07, 6.45) is 1.02. The molecule has 0 aromatic rings. The van der Waals surface area contributed by atoms with Crippen molar-refractivity contribution in [2.45, 2.75) is 17.3 Å². The molecule has 9 heavy (non-hydrogen) atoms. The van der Waals surface area contributed by atoms with Crippen LogP contribution in [0.4, 0.5) is 0 Å². The van der Waals surface area contributed by atoms with E-state index in [2.05, 4.69) is 52.6 Å². The molecule has 0 aromatic heterocycles. The zero-order chi connectivity index (χ0) is 7.28. The zero-order valence-corrected chi connectivity index (χ0v) is 7.63. The fourth-order valence-electron chi connectivity index (χ4n) is 0.431. The van der Waals surface area contributed by atoms with Gasteiger partial charge >= 0.3 is 5.84 Å². The van der Waals surface area contributed by atoms with Crippen LogP contribution in [0.1, 0.15) is 13.3 Å². The number of aliphatic imine (C=N–C) groups is 1. The van der Waals surface area contributed by atoms with Crippen molar-refractivity contribution in [3.63, 3.8) is 0 Å². The molecule has 50 valence electrons. The Balaban J connectivity index is 4.13. The highest BCUT2D eigenvalue weighted by atomic mass is 127. The van der Waals surface area contributed by atoms with E-state index in [1.165, 1.54) is 0 Å². The molecule has 0 heterocycles. The van der Waals surface area contributed by atoms with E-state index in [9.17, 15) is 0 Å². The lowest BCUT2D eigenvalue weighted by Crippen LogP contribution is -2.11. The second-order valence-corrected chi connectivity index (χ2v) is 3.05. The van der Waals surface area contributed by atoms with E-state index in [1.807, 2.05) is 0 Å². The van der Waals surface area contributed by atoms with Crippen molar-refractivity contribution in [2.75, 3.05) is 0 Å². The van der Waals surface area contributed by atoms with Crippen molar-refractivity contribution in [3.05, 3.63) is 0 Å². The van der Waals surface area contributed by atoms with Gasteiger partial charge in [-0.1, -0.05) is 29.5 Å². The van der Waals surface area contributed by atoms with E-state index < -0.39 is 0 Å². The zero-order valence-electron chi connectivity index (χ0n) is 5.47. The van der Waals surface area contributed by atoms with E-state index in [1.54, 1.807) is 0 Å². The highest BCUT2D eigenvalue weighted by molar-refractivity contribution is 14.1. The molecular weight excluding hydrogens is 227 g/mol. The second kappa shape index (κ2) is 4.70. The molecule has 3 heteroatoms. The molecular formula is C6H10IN2+. The minimum Gasteiger partial charge on any atom is -0.219 e. The average molecular weight is 237 g/mol. The summed E-state index contributed by atoms with van der Waals surface area (Å²) in [5, 5.41) is 0. The van der Waals surface area contributed by atoms with Crippen molar-refractivity contribution in [1.29, 1.82) is 0 Å². The number of amidine groups is 1. The minimum atomic E-state index is 0.359. The Morgan fingerprint density at radius 3 is 2.56 bits per heavy atom. The molecule has 0 saturated carbocycles. The maximum Gasteiger partial charge on any atom is 0.401 e. The summed E-state index contributed by atoms with van der Waals surface area (Å²) in [4.78, 5) is 3.71. The van der Waals surface area contributed by atoms with E-state index in [0.717, 1.165) is 12.3 Å². The number of halogens is 1. The van der Waals surface area contributed by atoms with Crippen molar-refractivity contribution in [3.8, 4) is 0 Å². The Bertz CT molecular complexity index is 147. The van der Waals surface area contributed by atoms with Crippen molar-refractivity contribution in [1.82, 2.24) is 4.67 Å². The van der Waals surface area contributed by atoms with Gasteiger partial charge in [-0.3, -0.25) is 0 Å². The lowest BCUT2D eigenvalue weighted by Gasteiger charge is -1.91. The van der Waals surface area contributed by atoms with Crippen LogP contribution < -0.4 is 4.67 Å². The smallest absolute Gasteiger partial charge is 0.219 e. The molecule has 0 rings (SSSR count). The normalized spacial score (nSPS) is 11.8. The van der Waals surface area contributed by atoms with Crippen LogP contribution in [-0.2, 0) is 0 Å². The van der Waals surface area contributed by atoms with E-state index >= 15 is 0 Å². The molecule has 0 N–H and O–H groups in total. The molecule has 2 nitrogen and oxygen atoms in total. The fraction of sp³-hybridized carbons (Fsp3) is 0.500. The quantitative estimate of drug-likeness (QED) is 0.226. The van der Waals surface area contributed by atoms with E-state index in [0.29, 0.717) is 3.92 Å². The van der Waals surface area contributed by atoms with Crippen molar-refractivity contribution >= 4 is 41.9 Å². The van der Waals surface area contributed by atoms with Gasteiger partial charge in [0.1, 0.15) is 10.6 Å². The summed E-state index contributed by atoms with van der Waals surface area (Å²) in [7, 11) is 0. The maximum atomic E-state index is 3.71. The first kappa shape index (κ1) is 8.85. The predicted molar refractivity (Wildman–Crippen MR) is 51.9 cm³/mol. The highest BCUT2D eigenvalue weighted by Crippen LogP contribution is 2.05. The van der Waals surface area contributed by atoms with Crippen molar-refractivity contribution < 1.29 is 0 Å². The van der Waals surface area contributed by atoms with Crippen LogP contribution in [0.5, 0.6) is 0 Å². The standard InChI is InChI=1S/C6H10IN2/c1-4-5(7)6(8-2)9-3/h5H,2-4H2,1H3/q+1. The first-order valence-corrected chi connectivity index (χ1v) is 3.95. The molecule has 0 aromatic carbocycles. The first-order chi connectivity index (χ1) is 4.26. The van der Waals surface area contributed by atoms with Gasteiger partial charge in [-0.05, 0) is 11.4 Å². The van der Waals surface area contributed by atoms with Crippen LogP contribution in [0.3, 0.4) is 0 Å². The topological polar surface area (TPSA) is 26.5 Å². The monoisotopic (exact) mass is 237 g/mol. The highest BCUT2D eigenvalue weighted by Gasteiger charge is 2.16. The minimum absolute atomic E-state index is 0.359. The number of rotatable bonds is 2. The molecule has 0 aliphatic rings. The molecule has 0 radical (unpaired) electrons. The largest absolute Gasteiger partial charge is 0.401 e. The SMILES string of the molecule is C=NC(=[N+]=C)C(I)CC. The molecule has 0 amide bonds. The molecule has 1 atom stereocenters. The van der Waals surface area contributed by atoms with E-state index in [-0.39, 0.29) is 0 Å². The average Bonchev–Trinajstić information content (AvgIpc) is 1.90. The summed E-state index contributed by atoms with van der Waals surface area (Å²) in [6.45, 7) is 8.83. The molecule has 0 fully saturated rings.